The zero-order valence-corrected chi connectivity index (χ0v) is 15.2. The summed E-state index contributed by atoms with van der Waals surface area (Å²) in [6, 6.07) is 2.81. The van der Waals surface area contributed by atoms with E-state index in [9.17, 15) is 14.4 Å². The Morgan fingerprint density at radius 3 is 2.64 bits per heavy atom. The molecule has 2 fully saturated rings. The molecule has 0 aromatic carbocycles. The van der Waals surface area contributed by atoms with Crippen molar-refractivity contribution in [3.05, 3.63) is 24.2 Å². The highest BCUT2D eigenvalue weighted by Crippen LogP contribution is 2.41. The maximum Gasteiger partial charge on any atom is 0.330 e. The number of carbonyl (C=O) groups is 3. The van der Waals surface area contributed by atoms with Crippen molar-refractivity contribution < 1.29 is 23.5 Å². The lowest BCUT2D eigenvalue weighted by Gasteiger charge is -2.27. The number of hydrogen-bond donors (Lipinski definition) is 0. The first kappa shape index (κ1) is 17.8. The van der Waals surface area contributed by atoms with Crippen molar-refractivity contribution in [3.8, 4) is 0 Å². The summed E-state index contributed by atoms with van der Waals surface area (Å²) in [5, 5.41) is -0.352. The molecule has 0 N–H and O–H groups in total. The second kappa shape index (κ2) is 7.51. The number of esters is 1. The molecule has 3 atom stereocenters. The van der Waals surface area contributed by atoms with Crippen LogP contribution in [0.3, 0.4) is 0 Å². The minimum Gasteiger partial charge on any atom is -0.466 e. The third kappa shape index (κ3) is 3.68. The first-order valence-electron chi connectivity index (χ1n) is 8.42. The maximum absolute atomic E-state index is 12.6. The Kier molecular flexibility index (Phi) is 5.36. The Bertz CT molecular complexity index is 641. The summed E-state index contributed by atoms with van der Waals surface area (Å²) in [7, 11) is 0. The average molecular weight is 366 g/mol. The fraction of sp³-hybridized carbons (Fsp3) is 0.588. The quantitative estimate of drug-likeness (QED) is 0.756. The Hall–Kier alpha value is -1.96. The van der Waals surface area contributed by atoms with Crippen LogP contribution in [0.5, 0.6) is 0 Å². The van der Waals surface area contributed by atoms with E-state index in [2.05, 4.69) is 0 Å². The van der Waals surface area contributed by atoms with Crippen molar-refractivity contribution >= 4 is 29.5 Å². The highest BCUT2D eigenvalue weighted by atomic mass is 32.2. The Balaban J connectivity index is 1.66. The van der Waals surface area contributed by atoms with E-state index < -0.39 is 18.1 Å². The smallest absolute Gasteiger partial charge is 0.330 e. The summed E-state index contributed by atoms with van der Waals surface area (Å²) < 4.78 is 10.8. The van der Waals surface area contributed by atoms with Crippen LogP contribution in [0.2, 0.25) is 0 Å². The van der Waals surface area contributed by atoms with Crippen LogP contribution in [0, 0.1) is 0 Å². The lowest BCUT2D eigenvalue weighted by atomic mass is 10.2. The molecule has 2 saturated heterocycles. The molecular formula is C17H22N2O5S. The molecule has 0 bridgehead atoms. The van der Waals surface area contributed by atoms with Gasteiger partial charge >= 0.3 is 5.97 Å². The van der Waals surface area contributed by atoms with Crippen LogP contribution < -0.4 is 0 Å². The van der Waals surface area contributed by atoms with Gasteiger partial charge in [-0.25, -0.2) is 4.79 Å². The van der Waals surface area contributed by atoms with E-state index in [0.29, 0.717) is 24.6 Å². The van der Waals surface area contributed by atoms with Gasteiger partial charge in [0, 0.05) is 25.8 Å². The Labute approximate surface area is 150 Å². The molecule has 1 aromatic heterocycles. The van der Waals surface area contributed by atoms with Crippen molar-refractivity contribution in [1.29, 1.82) is 0 Å². The lowest BCUT2D eigenvalue weighted by molar-refractivity contribution is -0.164. The van der Waals surface area contributed by atoms with E-state index in [4.69, 9.17) is 9.15 Å². The van der Waals surface area contributed by atoms with E-state index in [1.54, 1.807) is 24.0 Å². The van der Waals surface area contributed by atoms with Gasteiger partial charge in [-0.3, -0.25) is 9.59 Å². The number of nitrogens with zero attached hydrogens (tertiary/aromatic N) is 2. The molecule has 8 heteroatoms. The summed E-state index contributed by atoms with van der Waals surface area (Å²) >= 11 is 1.45. The van der Waals surface area contributed by atoms with Gasteiger partial charge in [-0.1, -0.05) is 0 Å². The van der Waals surface area contributed by atoms with Gasteiger partial charge in [-0.2, -0.15) is 0 Å². The topological polar surface area (TPSA) is 80.1 Å². The number of amides is 2. The first-order chi connectivity index (χ1) is 12.0. The molecule has 2 aliphatic rings. The highest BCUT2D eigenvalue weighted by molar-refractivity contribution is 7.99. The Morgan fingerprint density at radius 2 is 2.04 bits per heavy atom. The molecule has 7 nitrogen and oxygen atoms in total. The molecule has 0 radical (unpaired) electrons. The molecule has 1 aromatic rings. The molecular weight excluding hydrogens is 344 g/mol. The fourth-order valence-electron chi connectivity index (χ4n) is 3.22. The van der Waals surface area contributed by atoms with Crippen molar-refractivity contribution in [2.75, 3.05) is 18.8 Å². The zero-order chi connectivity index (χ0) is 18.0. The van der Waals surface area contributed by atoms with Gasteiger partial charge in [0.15, 0.2) is 6.10 Å². The number of ether oxygens (including phenoxy) is 1. The fourth-order valence-corrected chi connectivity index (χ4v) is 4.64. The van der Waals surface area contributed by atoms with Gasteiger partial charge in [0.1, 0.15) is 17.2 Å². The van der Waals surface area contributed by atoms with Gasteiger partial charge in [0.05, 0.1) is 6.26 Å². The monoisotopic (exact) mass is 366 g/mol. The van der Waals surface area contributed by atoms with Crippen molar-refractivity contribution in [2.45, 2.75) is 44.2 Å². The van der Waals surface area contributed by atoms with Crippen LogP contribution in [0.1, 0.15) is 37.8 Å². The molecule has 2 aliphatic heterocycles. The van der Waals surface area contributed by atoms with Crippen LogP contribution in [0.25, 0.3) is 0 Å². The molecule has 0 unspecified atom stereocenters. The molecule has 0 saturated carbocycles. The van der Waals surface area contributed by atoms with Crippen molar-refractivity contribution in [3.63, 3.8) is 0 Å². The van der Waals surface area contributed by atoms with Crippen LogP contribution in [0.15, 0.2) is 22.8 Å². The molecule has 25 heavy (non-hydrogen) atoms. The van der Waals surface area contributed by atoms with Gasteiger partial charge in [-0.05, 0) is 31.9 Å². The van der Waals surface area contributed by atoms with Crippen molar-refractivity contribution in [1.82, 2.24) is 9.80 Å². The second-order valence-corrected chi connectivity index (χ2v) is 7.37. The number of likely N-dealkylation sites (tertiary alicyclic amines) is 1. The maximum atomic E-state index is 12.6. The Morgan fingerprint density at radius 1 is 1.32 bits per heavy atom. The summed E-state index contributed by atoms with van der Waals surface area (Å²) in [5.74, 6) is 0.0860. The molecule has 3 rings (SSSR count). The molecule has 3 heterocycles. The van der Waals surface area contributed by atoms with E-state index in [1.807, 2.05) is 0 Å². The van der Waals surface area contributed by atoms with E-state index in [0.717, 1.165) is 12.8 Å². The zero-order valence-electron chi connectivity index (χ0n) is 14.3. The highest BCUT2D eigenvalue weighted by Gasteiger charge is 2.44. The predicted molar refractivity (Wildman–Crippen MR) is 91.6 cm³/mol. The molecule has 136 valence electrons. The minimum atomic E-state index is -0.841. The summed E-state index contributed by atoms with van der Waals surface area (Å²) in [6.45, 7) is 4.42. The minimum absolute atomic E-state index is 0.173. The van der Waals surface area contributed by atoms with Crippen LogP contribution in [0.4, 0.5) is 0 Å². The average Bonchev–Trinajstić information content (AvgIpc) is 3.33. The number of furan rings is 1. The van der Waals surface area contributed by atoms with E-state index in [-0.39, 0.29) is 17.2 Å². The standard InChI is InChI=1S/C17H22N2O5S/c1-11(15(21)18-7-3-4-8-18)24-17(22)13-10-25-16(19(13)12(2)20)14-6-5-9-23-14/h5-6,9,11,13,16H,3-4,7-8,10H2,1-2H3/t11-,13-,16-/m1/s1. The summed E-state index contributed by atoms with van der Waals surface area (Å²) in [5.41, 5.74) is 0. The predicted octanol–water partition coefficient (Wildman–Crippen LogP) is 1.80. The summed E-state index contributed by atoms with van der Waals surface area (Å²) in [4.78, 5) is 40.2. The van der Waals surface area contributed by atoms with E-state index >= 15 is 0 Å². The molecule has 0 aliphatic carbocycles. The lowest BCUT2D eigenvalue weighted by Crippen LogP contribution is -2.46. The normalized spacial score (nSPS) is 24.4. The van der Waals surface area contributed by atoms with Gasteiger partial charge in [-0.15, -0.1) is 11.8 Å². The number of thioether (sulfide) groups is 1. The van der Waals surface area contributed by atoms with Crippen LogP contribution in [-0.4, -0.2) is 58.6 Å². The third-order valence-electron chi connectivity index (χ3n) is 4.48. The van der Waals surface area contributed by atoms with Crippen LogP contribution in [-0.2, 0) is 19.1 Å². The van der Waals surface area contributed by atoms with Gasteiger partial charge < -0.3 is 19.0 Å². The third-order valence-corrected chi connectivity index (χ3v) is 5.76. The molecule has 0 spiro atoms. The first-order valence-corrected chi connectivity index (χ1v) is 9.47. The van der Waals surface area contributed by atoms with Crippen molar-refractivity contribution in [2.24, 2.45) is 0 Å². The van der Waals surface area contributed by atoms with Gasteiger partial charge in [0.25, 0.3) is 5.91 Å². The second-order valence-electron chi connectivity index (χ2n) is 6.25. The van der Waals surface area contributed by atoms with Crippen LogP contribution >= 0.6 is 11.8 Å². The number of carbonyl (C=O) groups excluding carboxylic acids is 3. The SMILES string of the molecule is CC(=O)N1[C@@H](C(=O)O[C@H](C)C(=O)N2CCCC2)CS[C@@H]1c1ccco1. The number of rotatable bonds is 4. The number of hydrogen-bond acceptors (Lipinski definition) is 6. The largest absolute Gasteiger partial charge is 0.466 e. The van der Waals surface area contributed by atoms with Gasteiger partial charge in [0.2, 0.25) is 5.91 Å². The van der Waals surface area contributed by atoms with E-state index in [1.165, 1.54) is 29.8 Å². The summed E-state index contributed by atoms with van der Waals surface area (Å²) in [6.07, 6.45) is 2.66. The molecule has 2 amide bonds.